The first-order valence-corrected chi connectivity index (χ1v) is 6.06. The molecule has 0 atom stereocenters. The summed E-state index contributed by atoms with van der Waals surface area (Å²) in [6.45, 7) is 0. The Hall–Kier alpha value is -1.55. The van der Waals surface area contributed by atoms with E-state index < -0.39 is 42.4 Å². The van der Waals surface area contributed by atoms with Crippen LogP contribution in [0.25, 0.3) is 0 Å². The maximum atomic E-state index is 12.4. The van der Waals surface area contributed by atoms with E-state index in [1.165, 1.54) is 0 Å². The molecule has 17 heavy (non-hydrogen) atoms. The topological polar surface area (TPSA) is 110 Å². The highest BCUT2D eigenvalue weighted by Gasteiger charge is 2.33. The van der Waals surface area contributed by atoms with E-state index in [1.807, 2.05) is 0 Å². The molecule has 0 fully saturated rings. The first-order chi connectivity index (χ1) is 7.66. The fraction of sp³-hybridized carbons (Fsp3) is 0.167. The van der Waals surface area contributed by atoms with E-state index in [2.05, 4.69) is 4.98 Å². The third-order valence-electron chi connectivity index (χ3n) is 1.67. The molecule has 1 heterocycles. The third kappa shape index (κ3) is 2.58. The molecule has 11 heteroatoms. The fourth-order valence-electron chi connectivity index (χ4n) is 1.03. The summed E-state index contributed by atoms with van der Waals surface area (Å²) in [7, 11) is 0.0508. The maximum Gasteiger partial charge on any atom is 0.407 e. The summed E-state index contributed by atoms with van der Waals surface area (Å²) in [6.07, 6.45) is -3.03. The van der Waals surface area contributed by atoms with E-state index in [1.54, 1.807) is 0 Å². The molecule has 0 bridgehead atoms. The molecule has 1 N–H and O–H groups in total. The van der Waals surface area contributed by atoms with Gasteiger partial charge in [-0.1, -0.05) is 0 Å². The van der Waals surface area contributed by atoms with E-state index in [-0.39, 0.29) is 6.20 Å². The lowest BCUT2D eigenvalue weighted by Gasteiger charge is -2.05. The van der Waals surface area contributed by atoms with Gasteiger partial charge in [0.05, 0.1) is 5.56 Å². The summed E-state index contributed by atoms with van der Waals surface area (Å²) < 4.78 is 46.8. The van der Waals surface area contributed by atoms with E-state index in [0.29, 0.717) is 0 Å². The largest absolute Gasteiger partial charge is 0.500 e. The first-order valence-electron chi connectivity index (χ1n) is 3.75. The lowest BCUT2D eigenvalue weighted by Crippen LogP contribution is -2.04. The molecule has 0 saturated heterocycles. The fourth-order valence-corrected chi connectivity index (χ4v) is 2.27. The highest BCUT2D eigenvalue weighted by molar-refractivity contribution is 8.13. The predicted octanol–water partition coefficient (Wildman–Crippen LogP) is 1.56. The summed E-state index contributed by atoms with van der Waals surface area (Å²) in [5.74, 6) is -2.78. The molecular weight excluding hydrogens is 286 g/mol. The maximum absolute atomic E-state index is 12.4. The van der Waals surface area contributed by atoms with Crippen molar-refractivity contribution in [1.82, 2.24) is 4.98 Å². The van der Waals surface area contributed by atoms with Crippen LogP contribution >= 0.6 is 10.7 Å². The van der Waals surface area contributed by atoms with Crippen LogP contribution in [-0.2, 0) is 9.05 Å². The van der Waals surface area contributed by atoms with E-state index in [4.69, 9.17) is 10.7 Å². The number of hydrogen-bond acceptors (Lipinski definition) is 6. The van der Waals surface area contributed by atoms with Gasteiger partial charge in [0.25, 0.3) is 15.5 Å². The average molecular weight is 289 g/mol. The molecule has 0 radical (unpaired) electrons. The molecule has 94 valence electrons. The van der Waals surface area contributed by atoms with Gasteiger partial charge < -0.3 is 15.2 Å². The Kier molecular flexibility index (Phi) is 3.48. The Morgan fingerprint density at radius 1 is 1.53 bits per heavy atom. The van der Waals surface area contributed by atoms with Crippen molar-refractivity contribution in [2.24, 2.45) is 0 Å². The molecule has 0 saturated carbocycles. The summed E-state index contributed by atoms with van der Waals surface area (Å²) >= 11 is 0. The zero-order valence-corrected chi connectivity index (χ0v) is 9.24. The molecule has 0 amide bonds. The van der Waals surface area contributed by atoms with Gasteiger partial charge in [-0.25, -0.2) is 17.2 Å². The summed E-state index contributed by atoms with van der Waals surface area (Å²) in [4.78, 5) is 10.6. The minimum Gasteiger partial charge on any atom is -0.500 e. The highest BCUT2D eigenvalue weighted by atomic mass is 35.7. The van der Waals surface area contributed by atoms with Gasteiger partial charge in [0.15, 0.2) is 6.20 Å². The van der Waals surface area contributed by atoms with Crippen molar-refractivity contribution < 1.29 is 27.2 Å². The number of hydrogen-bond donors (Lipinski definition) is 1. The van der Waals surface area contributed by atoms with Crippen LogP contribution in [0.1, 0.15) is 12.0 Å². The normalized spacial score (nSPS) is 11.8. The van der Waals surface area contributed by atoms with Gasteiger partial charge in [0.2, 0.25) is 5.75 Å². The molecular formula is C6H3ClF2N2O5S. The molecule has 1 rings (SSSR count). The first kappa shape index (κ1) is 13.5. The Balaban J connectivity index is 3.72. The second-order valence-electron chi connectivity index (χ2n) is 2.71. The van der Waals surface area contributed by atoms with Crippen LogP contribution in [0.4, 0.5) is 14.6 Å². The quantitative estimate of drug-likeness (QED) is 0.513. The Morgan fingerprint density at radius 2 is 2.06 bits per heavy atom. The Morgan fingerprint density at radius 3 is 2.41 bits per heavy atom. The number of aromatic nitrogens is 1. The van der Waals surface area contributed by atoms with Crippen molar-refractivity contribution in [2.45, 2.75) is 11.3 Å². The second-order valence-corrected chi connectivity index (χ2v) is 5.21. The lowest BCUT2D eigenvalue weighted by atomic mass is 10.3. The molecule has 0 aliphatic carbocycles. The van der Waals surface area contributed by atoms with E-state index in [9.17, 15) is 32.4 Å². The van der Waals surface area contributed by atoms with Crippen LogP contribution in [0.15, 0.2) is 11.1 Å². The van der Waals surface area contributed by atoms with Crippen molar-refractivity contribution in [3.63, 3.8) is 0 Å². The number of halogens is 3. The van der Waals surface area contributed by atoms with Crippen molar-refractivity contribution in [1.29, 1.82) is 0 Å². The summed E-state index contributed by atoms with van der Waals surface area (Å²) in [6, 6.07) is 0. The number of pyridine rings is 1. The molecule has 7 nitrogen and oxygen atoms in total. The molecule has 0 unspecified atom stereocenters. The average Bonchev–Trinajstić information content (AvgIpc) is 2.14. The van der Waals surface area contributed by atoms with Gasteiger partial charge in [0, 0.05) is 10.7 Å². The van der Waals surface area contributed by atoms with Crippen LogP contribution in [0.5, 0.6) is 5.75 Å². The molecule has 0 spiro atoms. The smallest absolute Gasteiger partial charge is 0.407 e. The van der Waals surface area contributed by atoms with Crippen LogP contribution in [0.3, 0.4) is 0 Å². The number of nitro groups is 1. The molecule has 0 aliphatic rings. The molecule has 0 aromatic carbocycles. The van der Waals surface area contributed by atoms with Gasteiger partial charge in [-0.15, -0.1) is 0 Å². The Labute approximate surface area is 97.2 Å². The van der Waals surface area contributed by atoms with Crippen LogP contribution in [0.2, 0.25) is 0 Å². The SMILES string of the molecule is O=[N+]([O-])c1ncc(C(F)F)c(S(=O)(=O)Cl)c1O. The minimum atomic E-state index is -4.77. The number of aromatic hydroxyl groups is 1. The van der Waals surface area contributed by atoms with Gasteiger partial charge >= 0.3 is 5.82 Å². The van der Waals surface area contributed by atoms with Crippen LogP contribution < -0.4 is 0 Å². The third-order valence-corrected chi connectivity index (χ3v) is 3.05. The van der Waals surface area contributed by atoms with Crippen molar-refractivity contribution >= 4 is 25.6 Å². The van der Waals surface area contributed by atoms with Crippen molar-refractivity contribution in [3.8, 4) is 5.75 Å². The number of rotatable bonds is 3. The standard InChI is InChI=1S/C6H3ClF2N2O5S/c7-17(15,16)4-2(5(8)9)1-10-6(3(4)12)11(13)14/h1,5,12H. The van der Waals surface area contributed by atoms with Crippen LogP contribution in [-0.4, -0.2) is 23.4 Å². The summed E-state index contributed by atoms with van der Waals surface area (Å²) in [5.41, 5.74) is -1.21. The van der Waals surface area contributed by atoms with Gasteiger partial charge in [-0.3, -0.25) is 0 Å². The number of alkyl halides is 2. The monoisotopic (exact) mass is 288 g/mol. The van der Waals surface area contributed by atoms with Crippen molar-refractivity contribution in [2.75, 3.05) is 0 Å². The van der Waals surface area contributed by atoms with Crippen molar-refractivity contribution in [3.05, 3.63) is 21.9 Å². The van der Waals surface area contributed by atoms with E-state index >= 15 is 0 Å². The Bertz CT molecular complexity index is 576. The predicted molar refractivity (Wildman–Crippen MR) is 50.6 cm³/mol. The lowest BCUT2D eigenvalue weighted by molar-refractivity contribution is -0.390. The molecule has 0 aliphatic heterocycles. The molecule has 1 aromatic rings. The molecule has 1 aromatic heterocycles. The van der Waals surface area contributed by atoms with Gasteiger partial charge in [-0.05, 0) is 9.91 Å². The second kappa shape index (κ2) is 4.37. The van der Waals surface area contributed by atoms with Gasteiger partial charge in [-0.2, -0.15) is 0 Å². The van der Waals surface area contributed by atoms with Crippen LogP contribution in [0, 0.1) is 10.1 Å². The minimum absolute atomic E-state index is 0.276. The van der Waals surface area contributed by atoms with Gasteiger partial charge in [0.1, 0.15) is 4.90 Å². The summed E-state index contributed by atoms with van der Waals surface area (Å²) in [5, 5.41) is 19.6. The number of nitrogens with zero attached hydrogens (tertiary/aromatic N) is 2. The highest BCUT2D eigenvalue weighted by Crippen LogP contribution is 2.39. The zero-order valence-electron chi connectivity index (χ0n) is 7.67. The zero-order chi connectivity index (χ0) is 13.4. The van der Waals surface area contributed by atoms with E-state index in [0.717, 1.165) is 0 Å².